The first-order valence-electron chi connectivity index (χ1n) is 3.68. The summed E-state index contributed by atoms with van der Waals surface area (Å²) in [6.07, 6.45) is 15.8. The molecule has 0 spiro atoms. The number of rotatable bonds is 2. The minimum atomic E-state index is 0.819. The monoisotopic (exact) mass is 144 g/mol. The fourth-order valence-corrected chi connectivity index (χ4v) is 1.03. The van der Waals surface area contributed by atoms with Crippen LogP contribution < -0.4 is 0 Å². The lowest BCUT2D eigenvalue weighted by Gasteiger charge is -2.01. The Morgan fingerprint density at radius 1 is 1.00 bits per heavy atom. The van der Waals surface area contributed by atoms with Gasteiger partial charge in [0.05, 0.1) is 0 Å². The second kappa shape index (κ2) is 2.79. The van der Waals surface area contributed by atoms with Crippen molar-refractivity contribution in [1.82, 2.24) is 0 Å². The van der Waals surface area contributed by atoms with Crippen molar-refractivity contribution in [1.29, 1.82) is 0 Å². The van der Waals surface area contributed by atoms with Crippen LogP contribution in [0.4, 0.5) is 0 Å². The Balaban J connectivity index is 1.99. The van der Waals surface area contributed by atoms with Crippen LogP contribution in [0.25, 0.3) is 0 Å². The highest BCUT2D eigenvalue weighted by atomic mass is 16.5. The largest absolute Gasteiger partial charge is 0.457 e. The zero-order chi connectivity index (χ0) is 7.52. The zero-order valence-corrected chi connectivity index (χ0v) is 6.13. The summed E-state index contributed by atoms with van der Waals surface area (Å²) in [6.45, 7) is 0. The highest BCUT2D eigenvalue weighted by Crippen LogP contribution is 2.17. The molecule has 2 aliphatic carbocycles. The molecule has 2 rings (SSSR count). The molecule has 0 aromatic carbocycles. The average molecular weight is 144 g/mol. The van der Waals surface area contributed by atoms with Gasteiger partial charge in [-0.2, -0.15) is 0 Å². The molecule has 0 saturated heterocycles. The Hall–Kier alpha value is -1.24. The van der Waals surface area contributed by atoms with Gasteiger partial charge in [-0.15, -0.1) is 0 Å². The Kier molecular flexibility index (Phi) is 1.64. The van der Waals surface area contributed by atoms with E-state index in [4.69, 9.17) is 4.74 Å². The summed E-state index contributed by atoms with van der Waals surface area (Å²) in [4.78, 5) is 0. The molecule has 0 fully saturated rings. The minimum absolute atomic E-state index is 0.819. The molecule has 0 aromatic rings. The lowest BCUT2D eigenvalue weighted by Crippen LogP contribution is -1.84. The van der Waals surface area contributed by atoms with Crippen molar-refractivity contribution in [2.45, 2.75) is 12.8 Å². The van der Waals surface area contributed by atoms with E-state index in [2.05, 4.69) is 12.2 Å². The highest BCUT2D eigenvalue weighted by molar-refractivity contribution is 5.23. The third kappa shape index (κ3) is 1.43. The summed E-state index contributed by atoms with van der Waals surface area (Å²) in [5, 5.41) is 0. The quantitative estimate of drug-likeness (QED) is 0.577. The molecule has 2 aliphatic rings. The van der Waals surface area contributed by atoms with Crippen LogP contribution in [-0.2, 0) is 4.74 Å². The van der Waals surface area contributed by atoms with Crippen LogP contribution in [0.1, 0.15) is 12.8 Å². The van der Waals surface area contributed by atoms with Crippen LogP contribution in [-0.4, -0.2) is 0 Å². The van der Waals surface area contributed by atoms with Gasteiger partial charge in [0.2, 0.25) is 0 Å². The molecule has 0 saturated carbocycles. The van der Waals surface area contributed by atoms with E-state index >= 15 is 0 Å². The number of hydrogen-bond acceptors (Lipinski definition) is 1. The molecule has 0 N–H and O–H groups in total. The predicted molar refractivity (Wildman–Crippen MR) is 42.1 cm³/mol. The van der Waals surface area contributed by atoms with E-state index in [1.165, 1.54) is 0 Å². The van der Waals surface area contributed by atoms with Crippen LogP contribution in [0.3, 0.4) is 0 Å². The molecule has 1 heteroatoms. The molecule has 0 amide bonds. The second-order valence-electron chi connectivity index (χ2n) is 2.40. The van der Waals surface area contributed by atoms with Gasteiger partial charge in [-0.25, -0.2) is 0 Å². The summed E-state index contributed by atoms with van der Waals surface area (Å²) < 4.78 is 5.41. The van der Waals surface area contributed by atoms with E-state index in [1.54, 1.807) is 0 Å². The zero-order valence-electron chi connectivity index (χ0n) is 6.13. The lowest BCUT2D eigenvalue weighted by molar-refractivity contribution is 0.333. The van der Waals surface area contributed by atoms with E-state index in [1.807, 2.05) is 24.3 Å². The Morgan fingerprint density at radius 2 is 1.55 bits per heavy atom. The molecule has 0 aromatic heterocycles. The molecule has 54 valence electrons. The van der Waals surface area contributed by atoms with Crippen LogP contribution in [0.2, 0.25) is 0 Å². The predicted octanol–water partition coefficient (Wildman–Crippen LogP) is 2.30. The Bertz CT molecular complexity index is 239. The smallest absolute Gasteiger partial charge is 0.131 e. The Labute approximate surface area is 66.4 Å². The van der Waals surface area contributed by atoms with Crippen molar-refractivity contribution < 1.29 is 4.74 Å². The van der Waals surface area contributed by atoms with E-state index < -0.39 is 0 Å². The van der Waals surface area contributed by atoms with Gasteiger partial charge in [0.1, 0.15) is 11.5 Å². The molecule has 0 bridgehead atoms. The second-order valence-corrected chi connectivity index (χ2v) is 2.40. The van der Waals surface area contributed by atoms with Gasteiger partial charge in [-0.3, -0.25) is 0 Å². The highest BCUT2D eigenvalue weighted by Gasteiger charge is 2.03. The Morgan fingerprint density at radius 3 is 1.91 bits per heavy atom. The standard InChI is InChI=1S/C10H8O/c1-2-6-9(5-1)11-10-7-3-4-8-10/h1,3,5,7H,2,4H2. The van der Waals surface area contributed by atoms with Crippen molar-refractivity contribution in [3.8, 4) is 0 Å². The number of allylic oxidation sites excluding steroid dienone is 6. The maximum Gasteiger partial charge on any atom is 0.131 e. The van der Waals surface area contributed by atoms with E-state index in [-0.39, 0.29) is 0 Å². The summed E-state index contributed by atoms with van der Waals surface area (Å²) in [5.74, 6) is 1.64. The molecular formula is C10H8O. The van der Waals surface area contributed by atoms with E-state index in [0.29, 0.717) is 0 Å². The third-order valence-corrected chi connectivity index (χ3v) is 1.55. The van der Waals surface area contributed by atoms with E-state index in [0.717, 1.165) is 24.4 Å². The van der Waals surface area contributed by atoms with Crippen molar-refractivity contribution in [2.75, 3.05) is 0 Å². The molecule has 1 nitrogen and oxygen atoms in total. The normalized spacial score (nSPS) is 20.4. The molecule has 0 atom stereocenters. The molecular weight excluding hydrogens is 136 g/mol. The number of ether oxygens (including phenoxy) is 1. The SMILES string of the molecule is [C]1=C(OC2=[C]CC=C2)C=CC1. The van der Waals surface area contributed by atoms with Crippen LogP contribution in [0.5, 0.6) is 0 Å². The van der Waals surface area contributed by atoms with Crippen molar-refractivity contribution >= 4 is 0 Å². The summed E-state index contributed by atoms with van der Waals surface area (Å²) in [6, 6.07) is 0. The molecule has 0 heterocycles. The maximum atomic E-state index is 5.41. The van der Waals surface area contributed by atoms with Crippen LogP contribution >= 0.6 is 0 Å². The van der Waals surface area contributed by atoms with Gasteiger partial charge in [0.25, 0.3) is 0 Å². The van der Waals surface area contributed by atoms with Gasteiger partial charge >= 0.3 is 0 Å². The van der Waals surface area contributed by atoms with Gasteiger partial charge in [0, 0.05) is 12.2 Å². The number of hydrogen-bond donors (Lipinski definition) is 0. The molecule has 0 unspecified atom stereocenters. The summed E-state index contributed by atoms with van der Waals surface area (Å²) in [5.41, 5.74) is 0. The van der Waals surface area contributed by atoms with Gasteiger partial charge < -0.3 is 4.74 Å². The van der Waals surface area contributed by atoms with Crippen molar-refractivity contribution in [3.63, 3.8) is 0 Å². The first-order valence-corrected chi connectivity index (χ1v) is 3.68. The van der Waals surface area contributed by atoms with Crippen molar-refractivity contribution in [2.24, 2.45) is 0 Å². The first kappa shape index (κ1) is 6.47. The van der Waals surface area contributed by atoms with Crippen molar-refractivity contribution in [3.05, 3.63) is 48.0 Å². The van der Waals surface area contributed by atoms with Crippen LogP contribution in [0.15, 0.2) is 35.8 Å². The topological polar surface area (TPSA) is 9.23 Å². The van der Waals surface area contributed by atoms with Gasteiger partial charge in [-0.1, -0.05) is 12.2 Å². The van der Waals surface area contributed by atoms with Gasteiger partial charge in [0.15, 0.2) is 0 Å². The fourth-order valence-electron chi connectivity index (χ4n) is 1.03. The summed E-state index contributed by atoms with van der Waals surface area (Å²) in [7, 11) is 0. The fraction of sp³-hybridized carbons (Fsp3) is 0.200. The first-order chi connectivity index (χ1) is 5.45. The molecule has 0 aliphatic heterocycles. The minimum Gasteiger partial charge on any atom is -0.457 e. The van der Waals surface area contributed by atoms with E-state index in [9.17, 15) is 0 Å². The third-order valence-electron chi connectivity index (χ3n) is 1.55. The maximum absolute atomic E-state index is 5.41. The summed E-state index contributed by atoms with van der Waals surface area (Å²) >= 11 is 0. The molecule has 2 radical (unpaired) electrons. The van der Waals surface area contributed by atoms with Crippen LogP contribution in [0, 0.1) is 12.2 Å². The lowest BCUT2D eigenvalue weighted by atomic mass is 10.5. The average Bonchev–Trinajstić information content (AvgIpc) is 2.60. The van der Waals surface area contributed by atoms with Gasteiger partial charge in [-0.05, 0) is 25.0 Å². The molecule has 11 heavy (non-hydrogen) atoms.